The normalized spacial score (nSPS) is 10.8. The Morgan fingerprint density at radius 3 is 2.79 bits per heavy atom. The Hall–Kier alpha value is -1.68. The second-order valence-corrected chi connectivity index (χ2v) is 4.91. The summed E-state index contributed by atoms with van der Waals surface area (Å²) in [6, 6.07) is 6.51. The molecule has 19 heavy (non-hydrogen) atoms. The molecular formula is C14H15ClN2O2. The van der Waals surface area contributed by atoms with E-state index in [0.717, 1.165) is 36.6 Å². The Labute approximate surface area is 116 Å². The molecule has 0 unspecified atom stereocenters. The summed E-state index contributed by atoms with van der Waals surface area (Å²) in [5.41, 5.74) is 1.84. The third-order valence-corrected chi connectivity index (χ3v) is 3.30. The lowest BCUT2D eigenvalue weighted by Crippen LogP contribution is -1.93. The predicted molar refractivity (Wildman–Crippen MR) is 76.6 cm³/mol. The van der Waals surface area contributed by atoms with E-state index in [1.54, 1.807) is 12.1 Å². The van der Waals surface area contributed by atoms with E-state index in [-0.39, 0.29) is 10.6 Å². The maximum atomic E-state index is 10.8. The molecule has 0 aliphatic carbocycles. The summed E-state index contributed by atoms with van der Waals surface area (Å²) in [5.74, 6) is 0. The van der Waals surface area contributed by atoms with Crippen molar-refractivity contribution in [2.75, 3.05) is 0 Å². The van der Waals surface area contributed by atoms with E-state index in [4.69, 9.17) is 11.6 Å². The van der Waals surface area contributed by atoms with Crippen molar-refractivity contribution in [2.45, 2.75) is 32.6 Å². The van der Waals surface area contributed by atoms with Crippen LogP contribution in [-0.2, 0) is 6.42 Å². The van der Waals surface area contributed by atoms with Gasteiger partial charge in [-0.3, -0.25) is 10.1 Å². The van der Waals surface area contributed by atoms with Gasteiger partial charge in [0, 0.05) is 17.5 Å². The highest BCUT2D eigenvalue weighted by Gasteiger charge is 2.11. The van der Waals surface area contributed by atoms with Crippen LogP contribution < -0.4 is 0 Å². The molecule has 0 aliphatic rings. The SMILES string of the molecule is CCCCCc1cc(Cl)nc2ccc([N+](=O)[O-])cc12. The number of unbranched alkanes of at least 4 members (excludes halogenated alkanes) is 2. The highest BCUT2D eigenvalue weighted by atomic mass is 35.5. The summed E-state index contributed by atoms with van der Waals surface area (Å²) >= 11 is 5.99. The van der Waals surface area contributed by atoms with Gasteiger partial charge in [0.1, 0.15) is 5.15 Å². The average molecular weight is 279 g/mol. The summed E-state index contributed by atoms with van der Waals surface area (Å²) in [5, 5.41) is 12.1. The number of hydrogen-bond acceptors (Lipinski definition) is 3. The molecular weight excluding hydrogens is 264 g/mol. The molecule has 4 nitrogen and oxygen atoms in total. The molecule has 0 aliphatic heterocycles. The van der Waals surface area contributed by atoms with E-state index in [1.807, 2.05) is 6.07 Å². The molecule has 0 saturated carbocycles. The third kappa shape index (κ3) is 3.20. The number of nitro groups is 1. The molecule has 1 heterocycles. The number of nitrogens with zero attached hydrogens (tertiary/aromatic N) is 2. The van der Waals surface area contributed by atoms with E-state index in [9.17, 15) is 10.1 Å². The van der Waals surface area contributed by atoms with Crippen LogP contribution in [0.15, 0.2) is 24.3 Å². The Morgan fingerprint density at radius 1 is 1.32 bits per heavy atom. The fourth-order valence-corrected chi connectivity index (χ4v) is 2.36. The van der Waals surface area contributed by atoms with Gasteiger partial charge < -0.3 is 0 Å². The van der Waals surface area contributed by atoms with E-state index in [0.29, 0.717) is 10.7 Å². The molecule has 100 valence electrons. The minimum Gasteiger partial charge on any atom is -0.258 e. The highest BCUT2D eigenvalue weighted by Crippen LogP contribution is 2.26. The number of benzene rings is 1. The van der Waals surface area contributed by atoms with Gasteiger partial charge in [0.2, 0.25) is 0 Å². The first kappa shape index (κ1) is 13.7. The summed E-state index contributed by atoms with van der Waals surface area (Å²) in [6.07, 6.45) is 4.19. The van der Waals surface area contributed by atoms with Crippen LogP contribution in [0.2, 0.25) is 5.15 Å². The summed E-state index contributed by atoms with van der Waals surface area (Å²) < 4.78 is 0. The van der Waals surface area contributed by atoms with Crippen LogP contribution in [0.4, 0.5) is 5.69 Å². The van der Waals surface area contributed by atoms with Crippen molar-refractivity contribution in [3.63, 3.8) is 0 Å². The van der Waals surface area contributed by atoms with Crippen LogP contribution in [-0.4, -0.2) is 9.91 Å². The standard InChI is InChI=1S/C14H15ClN2O2/c1-2-3-4-5-10-8-14(15)16-13-7-6-11(17(18)19)9-12(10)13/h6-9H,2-5H2,1H3. The zero-order valence-electron chi connectivity index (χ0n) is 10.7. The molecule has 0 amide bonds. The van der Waals surface area contributed by atoms with Crippen molar-refractivity contribution < 1.29 is 4.92 Å². The van der Waals surface area contributed by atoms with Crippen LogP contribution in [0.25, 0.3) is 10.9 Å². The number of hydrogen-bond donors (Lipinski definition) is 0. The quantitative estimate of drug-likeness (QED) is 0.349. The van der Waals surface area contributed by atoms with Crippen LogP contribution in [0, 0.1) is 10.1 Å². The number of nitro benzene ring substituents is 1. The van der Waals surface area contributed by atoms with Gasteiger partial charge in [-0.25, -0.2) is 4.98 Å². The zero-order valence-corrected chi connectivity index (χ0v) is 11.5. The van der Waals surface area contributed by atoms with E-state index >= 15 is 0 Å². The number of non-ortho nitro benzene ring substituents is 1. The van der Waals surface area contributed by atoms with E-state index in [1.165, 1.54) is 6.07 Å². The van der Waals surface area contributed by atoms with Crippen LogP contribution >= 0.6 is 11.6 Å². The van der Waals surface area contributed by atoms with E-state index in [2.05, 4.69) is 11.9 Å². The van der Waals surface area contributed by atoms with Gasteiger partial charge in [0.15, 0.2) is 0 Å². The minimum absolute atomic E-state index is 0.0911. The van der Waals surface area contributed by atoms with Crippen molar-refractivity contribution in [1.29, 1.82) is 0 Å². The number of aryl methyl sites for hydroxylation is 1. The van der Waals surface area contributed by atoms with Crippen molar-refractivity contribution >= 4 is 28.2 Å². The number of rotatable bonds is 5. The first-order valence-electron chi connectivity index (χ1n) is 6.35. The lowest BCUT2D eigenvalue weighted by Gasteiger charge is -2.07. The summed E-state index contributed by atoms with van der Waals surface area (Å²) in [7, 11) is 0. The van der Waals surface area contributed by atoms with Gasteiger partial charge in [-0.05, 0) is 30.5 Å². The molecule has 2 aromatic rings. The van der Waals surface area contributed by atoms with Gasteiger partial charge in [-0.2, -0.15) is 0 Å². The molecule has 0 atom stereocenters. The average Bonchev–Trinajstić information content (AvgIpc) is 2.38. The van der Waals surface area contributed by atoms with Gasteiger partial charge in [0.05, 0.1) is 10.4 Å². The molecule has 1 aromatic carbocycles. The van der Waals surface area contributed by atoms with Crippen LogP contribution in [0.5, 0.6) is 0 Å². The minimum atomic E-state index is -0.385. The highest BCUT2D eigenvalue weighted by molar-refractivity contribution is 6.29. The number of fused-ring (bicyclic) bond motifs is 1. The Bertz CT molecular complexity index is 614. The second kappa shape index (κ2) is 5.97. The summed E-state index contributed by atoms with van der Waals surface area (Å²) in [4.78, 5) is 14.7. The first-order valence-corrected chi connectivity index (χ1v) is 6.73. The molecule has 0 saturated heterocycles. The Morgan fingerprint density at radius 2 is 2.11 bits per heavy atom. The molecule has 0 radical (unpaired) electrons. The van der Waals surface area contributed by atoms with E-state index < -0.39 is 0 Å². The molecule has 0 spiro atoms. The second-order valence-electron chi connectivity index (χ2n) is 4.52. The molecule has 5 heteroatoms. The largest absolute Gasteiger partial charge is 0.270 e. The maximum Gasteiger partial charge on any atom is 0.270 e. The Kier molecular flexibility index (Phi) is 4.32. The first-order chi connectivity index (χ1) is 9.11. The molecule has 0 bridgehead atoms. The monoisotopic (exact) mass is 278 g/mol. The van der Waals surface area contributed by atoms with Gasteiger partial charge in [-0.1, -0.05) is 31.4 Å². The van der Waals surface area contributed by atoms with Crippen molar-refractivity contribution in [3.8, 4) is 0 Å². The van der Waals surface area contributed by atoms with Crippen molar-refractivity contribution in [1.82, 2.24) is 4.98 Å². The fourth-order valence-electron chi connectivity index (χ4n) is 2.13. The smallest absolute Gasteiger partial charge is 0.258 e. The van der Waals surface area contributed by atoms with Crippen LogP contribution in [0.1, 0.15) is 31.7 Å². The van der Waals surface area contributed by atoms with Gasteiger partial charge in [-0.15, -0.1) is 0 Å². The van der Waals surface area contributed by atoms with Gasteiger partial charge in [0.25, 0.3) is 5.69 Å². The fraction of sp³-hybridized carbons (Fsp3) is 0.357. The lowest BCUT2D eigenvalue weighted by molar-refractivity contribution is -0.384. The molecule has 0 fully saturated rings. The lowest BCUT2D eigenvalue weighted by atomic mass is 10.0. The third-order valence-electron chi connectivity index (χ3n) is 3.11. The summed E-state index contributed by atoms with van der Waals surface area (Å²) in [6.45, 7) is 2.14. The Balaban J connectivity index is 2.46. The van der Waals surface area contributed by atoms with Crippen LogP contribution in [0.3, 0.4) is 0 Å². The topological polar surface area (TPSA) is 56.0 Å². The molecule has 1 aromatic heterocycles. The predicted octanol–water partition coefficient (Wildman–Crippen LogP) is 4.53. The van der Waals surface area contributed by atoms with Crippen molar-refractivity contribution in [3.05, 3.63) is 45.1 Å². The number of halogens is 1. The molecule has 2 rings (SSSR count). The molecule has 0 N–H and O–H groups in total. The number of pyridine rings is 1. The van der Waals surface area contributed by atoms with Gasteiger partial charge >= 0.3 is 0 Å². The maximum absolute atomic E-state index is 10.8. The number of aromatic nitrogens is 1. The zero-order chi connectivity index (χ0) is 13.8. The van der Waals surface area contributed by atoms with Crippen molar-refractivity contribution in [2.24, 2.45) is 0 Å².